The van der Waals surface area contributed by atoms with Crippen molar-refractivity contribution >= 4 is 5.71 Å². The fourth-order valence-corrected chi connectivity index (χ4v) is 0.629. The maximum absolute atomic E-state index is 7.39. The Kier molecular flexibility index (Phi) is 2.85. The van der Waals surface area contributed by atoms with E-state index in [1.54, 1.807) is 0 Å². The zero-order valence-electron chi connectivity index (χ0n) is 6.71. The summed E-state index contributed by atoms with van der Waals surface area (Å²) < 4.78 is 0. The Morgan fingerprint density at radius 2 is 2.11 bits per heavy atom. The molecule has 2 N–H and O–H groups in total. The second-order valence-corrected chi connectivity index (χ2v) is 2.56. The number of rotatable bonds is 3. The molecular formula is C7H16N2. The van der Waals surface area contributed by atoms with Crippen molar-refractivity contribution in [2.24, 2.45) is 0 Å². The molecule has 0 saturated heterocycles. The quantitative estimate of drug-likeness (QED) is 0.554. The predicted octanol–water partition coefficient (Wildman–Crippen LogP) is 1.41. The van der Waals surface area contributed by atoms with Crippen LogP contribution in [0.2, 0.25) is 0 Å². The van der Waals surface area contributed by atoms with Gasteiger partial charge in [-0.15, -0.1) is 0 Å². The Morgan fingerprint density at radius 1 is 1.67 bits per heavy atom. The summed E-state index contributed by atoms with van der Waals surface area (Å²) in [5, 5.41) is 10.5. The normalized spacial score (nSPS) is 16.9. The van der Waals surface area contributed by atoms with Crippen LogP contribution in [0.25, 0.3) is 0 Å². The van der Waals surface area contributed by atoms with Crippen LogP contribution in [0.15, 0.2) is 0 Å². The Balaban J connectivity index is 4.09. The van der Waals surface area contributed by atoms with Gasteiger partial charge in [-0.25, -0.2) is 0 Å². The molecule has 0 rings (SSSR count). The van der Waals surface area contributed by atoms with Crippen molar-refractivity contribution in [1.82, 2.24) is 5.32 Å². The Morgan fingerprint density at radius 3 is 2.11 bits per heavy atom. The second-order valence-electron chi connectivity index (χ2n) is 2.56. The molecule has 1 unspecified atom stereocenters. The minimum Gasteiger partial charge on any atom is -0.310 e. The molecule has 0 bridgehead atoms. The average Bonchev–Trinajstić information content (AvgIpc) is 1.86. The van der Waals surface area contributed by atoms with Crippen LogP contribution in [-0.4, -0.2) is 18.3 Å². The summed E-state index contributed by atoms with van der Waals surface area (Å²) >= 11 is 0. The van der Waals surface area contributed by atoms with E-state index in [9.17, 15) is 0 Å². The van der Waals surface area contributed by atoms with Gasteiger partial charge in [0.25, 0.3) is 0 Å². The third-order valence-corrected chi connectivity index (χ3v) is 2.09. The molecule has 1 atom stereocenters. The van der Waals surface area contributed by atoms with E-state index in [-0.39, 0.29) is 5.54 Å². The van der Waals surface area contributed by atoms with Crippen molar-refractivity contribution < 1.29 is 0 Å². The fraction of sp³-hybridized carbons (Fsp3) is 0.857. The van der Waals surface area contributed by atoms with Crippen LogP contribution >= 0.6 is 0 Å². The Bertz CT molecular complexity index is 103. The number of nitrogens with one attached hydrogen (secondary N) is 2. The van der Waals surface area contributed by atoms with Crippen LogP contribution in [0.1, 0.15) is 27.2 Å². The molecule has 0 aliphatic carbocycles. The maximum atomic E-state index is 7.39. The Labute approximate surface area is 57.2 Å². The largest absolute Gasteiger partial charge is 0.310 e. The third-order valence-electron chi connectivity index (χ3n) is 2.09. The molecule has 0 aromatic rings. The molecule has 2 nitrogen and oxygen atoms in total. The fourth-order valence-electron chi connectivity index (χ4n) is 0.629. The van der Waals surface area contributed by atoms with E-state index >= 15 is 0 Å². The molecule has 0 spiro atoms. The van der Waals surface area contributed by atoms with Crippen molar-refractivity contribution in [2.45, 2.75) is 32.7 Å². The van der Waals surface area contributed by atoms with Gasteiger partial charge in [0.2, 0.25) is 0 Å². The van der Waals surface area contributed by atoms with Crippen molar-refractivity contribution in [3.63, 3.8) is 0 Å². The van der Waals surface area contributed by atoms with E-state index < -0.39 is 0 Å². The van der Waals surface area contributed by atoms with Crippen molar-refractivity contribution in [2.75, 3.05) is 7.05 Å². The lowest BCUT2D eigenvalue weighted by Crippen LogP contribution is -2.45. The molecule has 9 heavy (non-hydrogen) atoms. The first-order chi connectivity index (χ1) is 4.06. The standard InChI is InChI=1S/C7H16N2/c1-5-7(3,9-4)6(2)8/h8-9H,5H2,1-4H3. The topological polar surface area (TPSA) is 35.9 Å². The van der Waals surface area contributed by atoms with E-state index in [4.69, 9.17) is 5.41 Å². The first-order valence-corrected chi connectivity index (χ1v) is 3.31. The van der Waals surface area contributed by atoms with Gasteiger partial charge in [-0.05, 0) is 27.3 Å². The summed E-state index contributed by atoms with van der Waals surface area (Å²) in [6.07, 6.45) is 0.971. The summed E-state index contributed by atoms with van der Waals surface area (Å²) in [6.45, 7) is 5.95. The van der Waals surface area contributed by atoms with Crippen LogP contribution in [0, 0.1) is 5.41 Å². The zero-order chi connectivity index (χ0) is 7.49. The van der Waals surface area contributed by atoms with E-state index in [1.165, 1.54) is 0 Å². The highest BCUT2D eigenvalue weighted by Gasteiger charge is 2.20. The molecule has 0 amide bonds. The third kappa shape index (κ3) is 1.79. The van der Waals surface area contributed by atoms with Gasteiger partial charge in [-0.3, -0.25) is 0 Å². The van der Waals surface area contributed by atoms with Gasteiger partial charge in [0.1, 0.15) is 0 Å². The molecular weight excluding hydrogens is 112 g/mol. The van der Waals surface area contributed by atoms with Crippen LogP contribution in [0.3, 0.4) is 0 Å². The molecule has 0 fully saturated rings. The second kappa shape index (κ2) is 2.97. The smallest absolute Gasteiger partial charge is 0.0525 e. The van der Waals surface area contributed by atoms with Crippen LogP contribution in [0.4, 0.5) is 0 Å². The van der Waals surface area contributed by atoms with Gasteiger partial charge < -0.3 is 10.7 Å². The van der Waals surface area contributed by atoms with Crippen molar-refractivity contribution in [1.29, 1.82) is 5.41 Å². The maximum Gasteiger partial charge on any atom is 0.0525 e. The molecule has 0 saturated carbocycles. The van der Waals surface area contributed by atoms with Gasteiger partial charge in [0.15, 0.2) is 0 Å². The summed E-state index contributed by atoms with van der Waals surface area (Å²) in [5.74, 6) is 0. The van der Waals surface area contributed by atoms with E-state index in [0.29, 0.717) is 5.71 Å². The van der Waals surface area contributed by atoms with Gasteiger partial charge in [0.05, 0.1) is 5.54 Å². The Hall–Kier alpha value is -0.370. The van der Waals surface area contributed by atoms with Gasteiger partial charge in [0, 0.05) is 5.71 Å². The van der Waals surface area contributed by atoms with Gasteiger partial charge in [-0.2, -0.15) is 0 Å². The number of hydrogen-bond acceptors (Lipinski definition) is 2. The molecule has 54 valence electrons. The lowest BCUT2D eigenvalue weighted by atomic mass is 9.94. The lowest BCUT2D eigenvalue weighted by Gasteiger charge is -2.26. The highest BCUT2D eigenvalue weighted by molar-refractivity contribution is 5.88. The van der Waals surface area contributed by atoms with Crippen LogP contribution in [-0.2, 0) is 0 Å². The molecule has 0 aliphatic rings. The highest BCUT2D eigenvalue weighted by Crippen LogP contribution is 2.08. The van der Waals surface area contributed by atoms with Gasteiger partial charge in [-0.1, -0.05) is 6.92 Å². The minimum atomic E-state index is -0.0833. The van der Waals surface area contributed by atoms with E-state index in [1.807, 2.05) is 20.9 Å². The SMILES string of the molecule is CCC(C)(NC)C(C)=N. The average molecular weight is 128 g/mol. The van der Waals surface area contributed by atoms with Gasteiger partial charge >= 0.3 is 0 Å². The van der Waals surface area contributed by atoms with E-state index in [2.05, 4.69) is 12.2 Å². The van der Waals surface area contributed by atoms with Crippen LogP contribution in [0.5, 0.6) is 0 Å². The summed E-state index contributed by atoms with van der Waals surface area (Å²) in [4.78, 5) is 0. The lowest BCUT2D eigenvalue weighted by molar-refractivity contribution is 0.492. The molecule has 0 aromatic heterocycles. The van der Waals surface area contributed by atoms with Crippen molar-refractivity contribution in [3.8, 4) is 0 Å². The number of hydrogen-bond donors (Lipinski definition) is 2. The first-order valence-electron chi connectivity index (χ1n) is 3.31. The molecule has 0 radical (unpaired) electrons. The molecule has 0 aliphatic heterocycles. The molecule has 0 heterocycles. The monoisotopic (exact) mass is 128 g/mol. The summed E-state index contributed by atoms with van der Waals surface area (Å²) in [7, 11) is 1.89. The van der Waals surface area contributed by atoms with Crippen molar-refractivity contribution in [3.05, 3.63) is 0 Å². The summed E-state index contributed by atoms with van der Waals surface area (Å²) in [6, 6.07) is 0. The predicted molar refractivity (Wildman–Crippen MR) is 41.2 cm³/mol. The summed E-state index contributed by atoms with van der Waals surface area (Å²) in [5.41, 5.74) is 0.618. The highest BCUT2D eigenvalue weighted by atomic mass is 14.9. The minimum absolute atomic E-state index is 0.0833. The van der Waals surface area contributed by atoms with Crippen LogP contribution < -0.4 is 5.32 Å². The molecule has 2 heteroatoms. The van der Waals surface area contributed by atoms with E-state index in [0.717, 1.165) is 6.42 Å². The first kappa shape index (κ1) is 8.63. The molecule has 0 aromatic carbocycles. The zero-order valence-corrected chi connectivity index (χ0v) is 6.71.